The Bertz CT molecular complexity index is 872. The zero-order chi connectivity index (χ0) is 20.3. The Morgan fingerprint density at radius 3 is 2.71 bits per heavy atom. The minimum absolute atomic E-state index is 0.00235. The van der Waals surface area contributed by atoms with Gasteiger partial charge < -0.3 is 19.4 Å². The molecule has 2 amide bonds. The molecule has 0 spiro atoms. The molecule has 1 aromatic carbocycles. The summed E-state index contributed by atoms with van der Waals surface area (Å²) in [5.74, 6) is 0.0900. The first kappa shape index (κ1) is 19.9. The maximum atomic E-state index is 13.7. The van der Waals surface area contributed by atoms with Crippen molar-refractivity contribution in [2.24, 2.45) is 5.92 Å². The molecule has 0 aliphatic carbocycles. The molecule has 0 atom stereocenters. The van der Waals surface area contributed by atoms with Crippen molar-refractivity contribution in [3.05, 3.63) is 46.9 Å². The minimum Gasteiger partial charge on any atom is -0.494 e. The van der Waals surface area contributed by atoms with E-state index < -0.39 is 11.7 Å². The van der Waals surface area contributed by atoms with Crippen LogP contribution in [0.15, 0.2) is 22.6 Å². The van der Waals surface area contributed by atoms with Crippen LogP contribution in [0.3, 0.4) is 0 Å². The van der Waals surface area contributed by atoms with Crippen LogP contribution in [0, 0.1) is 18.7 Å². The largest absolute Gasteiger partial charge is 0.494 e. The lowest BCUT2D eigenvalue weighted by Crippen LogP contribution is -2.38. The molecular weight excluding hydrogens is 365 g/mol. The Morgan fingerprint density at radius 2 is 2.07 bits per heavy atom. The molecule has 28 heavy (non-hydrogen) atoms. The van der Waals surface area contributed by atoms with E-state index in [2.05, 4.69) is 17.2 Å². The number of likely N-dealkylation sites (tertiary alicyclic amines) is 1. The molecule has 0 unspecified atom stereocenters. The number of amides is 2. The van der Waals surface area contributed by atoms with Crippen molar-refractivity contribution in [1.29, 1.82) is 0 Å². The van der Waals surface area contributed by atoms with Crippen LogP contribution < -0.4 is 10.1 Å². The van der Waals surface area contributed by atoms with Gasteiger partial charge in [0.25, 0.3) is 11.8 Å². The average molecular weight is 389 g/mol. The number of hydrogen-bond donors (Lipinski definition) is 1. The number of oxazole rings is 1. The second kappa shape index (κ2) is 8.41. The van der Waals surface area contributed by atoms with Crippen molar-refractivity contribution in [3.63, 3.8) is 0 Å². The van der Waals surface area contributed by atoms with E-state index in [0.717, 1.165) is 18.9 Å². The summed E-state index contributed by atoms with van der Waals surface area (Å²) in [5.41, 5.74) is 0.426. The molecule has 1 aliphatic rings. The number of nitrogens with zero attached hydrogens (tertiary/aromatic N) is 2. The van der Waals surface area contributed by atoms with Crippen LogP contribution in [0.4, 0.5) is 4.39 Å². The molecule has 2 heterocycles. The second-order valence-corrected chi connectivity index (χ2v) is 7.02. The number of nitrogens with one attached hydrogen (secondary N) is 1. The lowest BCUT2D eigenvalue weighted by atomic mass is 9.99. The van der Waals surface area contributed by atoms with Gasteiger partial charge in [0.1, 0.15) is 5.76 Å². The Hall–Kier alpha value is -2.90. The first-order valence-electron chi connectivity index (χ1n) is 9.26. The van der Waals surface area contributed by atoms with E-state index in [-0.39, 0.29) is 35.3 Å². The number of piperidine rings is 1. The fourth-order valence-electron chi connectivity index (χ4n) is 3.15. The molecule has 150 valence electrons. The fraction of sp³-hybridized carbons (Fsp3) is 0.450. The molecule has 1 saturated heterocycles. The van der Waals surface area contributed by atoms with E-state index >= 15 is 0 Å². The molecule has 0 saturated carbocycles. The third-order valence-electron chi connectivity index (χ3n) is 4.93. The summed E-state index contributed by atoms with van der Waals surface area (Å²) in [6.07, 6.45) is 1.95. The highest BCUT2D eigenvalue weighted by molar-refractivity contribution is 5.94. The summed E-state index contributed by atoms with van der Waals surface area (Å²) in [5, 5.41) is 2.62. The van der Waals surface area contributed by atoms with E-state index in [4.69, 9.17) is 9.15 Å². The topological polar surface area (TPSA) is 84.7 Å². The second-order valence-electron chi connectivity index (χ2n) is 7.02. The van der Waals surface area contributed by atoms with Crippen LogP contribution in [-0.4, -0.2) is 41.9 Å². The number of carbonyl (C=O) groups is 2. The summed E-state index contributed by atoms with van der Waals surface area (Å²) < 4.78 is 24.1. The minimum atomic E-state index is -0.620. The number of carbonyl (C=O) groups excluding carboxylic acids is 2. The summed E-state index contributed by atoms with van der Waals surface area (Å²) in [6, 6.07) is 3.95. The van der Waals surface area contributed by atoms with Crippen molar-refractivity contribution in [3.8, 4) is 5.75 Å². The molecule has 1 fully saturated rings. The smallest absolute Gasteiger partial charge is 0.276 e. The zero-order valence-electron chi connectivity index (χ0n) is 16.3. The molecular formula is C20H24FN3O4. The monoisotopic (exact) mass is 389 g/mol. The van der Waals surface area contributed by atoms with Crippen molar-refractivity contribution in [2.75, 3.05) is 20.2 Å². The van der Waals surface area contributed by atoms with Gasteiger partial charge in [-0.05, 0) is 43.9 Å². The molecule has 1 aliphatic heterocycles. The van der Waals surface area contributed by atoms with Gasteiger partial charge in [-0.3, -0.25) is 9.59 Å². The Kier molecular flexibility index (Phi) is 5.96. The molecule has 0 radical (unpaired) electrons. The van der Waals surface area contributed by atoms with E-state index in [0.29, 0.717) is 24.8 Å². The number of hydrogen-bond acceptors (Lipinski definition) is 5. The van der Waals surface area contributed by atoms with Gasteiger partial charge in [0.2, 0.25) is 5.89 Å². The van der Waals surface area contributed by atoms with Crippen LogP contribution >= 0.6 is 0 Å². The van der Waals surface area contributed by atoms with Crippen LogP contribution in [0.1, 0.15) is 52.3 Å². The van der Waals surface area contributed by atoms with Gasteiger partial charge in [-0.1, -0.05) is 6.92 Å². The van der Waals surface area contributed by atoms with Gasteiger partial charge in [-0.25, -0.2) is 9.37 Å². The van der Waals surface area contributed by atoms with Gasteiger partial charge in [0.15, 0.2) is 17.3 Å². The Balaban J connectivity index is 1.62. The fourth-order valence-corrected chi connectivity index (χ4v) is 3.15. The lowest BCUT2D eigenvalue weighted by Gasteiger charge is -2.29. The highest BCUT2D eigenvalue weighted by Gasteiger charge is 2.26. The van der Waals surface area contributed by atoms with Crippen molar-refractivity contribution in [1.82, 2.24) is 15.2 Å². The van der Waals surface area contributed by atoms with Gasteiger partial charge in [-0.2, -0.15) is 0 Å². The first-order valence-corrected chi connectivity index (χ1v) is 9.26. The molecule has 0 bridgehead atoms. The van der Waals surface area contributed by atoms with E-state index in [9.17, 15) is 14.0 Å². The third kappa shape index (κ3) is 4.32. The van der Waals surface area contributed by atoms with E-state index in [1.165, 1.54) is 19.2 Å². The van der Waals surface area contributed by atoms with Crippen molar-refractivity contribution < 1.29 is 23.1 Å². The number of halogens is 1. The number of methoxy groups -OCH3 is 1. The van der Waals surface area contributed by atoms with Crippen LogP contribution in [0.25, 0.3) is 0 Å². The molecule has 1 aromatic heterocycles. The highest BCUT2D eigenvalue weighted by atomic mass is 19.1. The Labute approximate surface area is 162 Å². The predicted octanol–water partition coefficient (Wildman–Crippen LogP) is 2.93. The maximum absolute atomic E-state index is 13.7. The number of aryl methyl sites for hydroxylation is 1. The molecule has 2 aromatic rings. The standard InChI is InChI=1S/C20H24FN3O4/c1-12-6-8-24(9-7-12)20(26)18-13(2)28-17(23-18)11-22-19(25)14-4-5-16(27-3)15(21)10-14/h4-5,10,12H,6-9,11H2,1-3H3,(H,22,25). The summed E-state index contributed by atoms with van der Waals surface area (Å²) in [6.45, 7) is 5.27. The number of ether oxygens (including phenoxy) is 1. The molecule has 1 N–H and O–H groups in total. The number of benzene rings is 1. The zero-order valence-corrected chi connectivity index (χ0v) is 16.3. The predicted molar refractivity (Wildman–Crippen MR) is 99.7 cm³/mol. The maximum Gasteiger partial charge on any atom is 0.276 e. The third-order valence-corrected chi connectivity index (χ3v) is 4.93. The van der Waals surface area contributed by atoms with Crippen LogP contribution in [0.5, 0.6) is 5.75 Å². The van der Waals surface area contributed by atoms with E-state index in [1.54, 1.807) is 11.8 Å². The summed E-state index contributed by atoms with van der Waals surface area (Å²) in [7, 11) is 1.35. The van der Waals surface area contributed by atoms with Crippen molar-refractivity contribution >= 4 is 11.8 Å². The molecule has 8 heteroatoms. The molecule has 7 nitrogen and oxygen atoms in total. The van der Waals surface area contributed by atoms with Gasteiger partial charge in [0, 0.05) is 18.7 Å². The van der Waals surface area contributed by atoms with Gasteiger partial charge in [0.05, 0.1) is 13.7 Å². The van der Waals surface area contributed by atoms with Gasteiger partial charge >= 0.3 is 0 Å². The highest BCUT2D eigenvalue weighted by Crippen LogP contribution is 2.20. The number of rotatable bonds is 5. The van der Waals surface area contributed by atoms with Crippen LogP contribution in [-0.2, 0) is 6.54 Å². The first-order chi connectivity index (χ1) is 13.4. The van der Waals surface area contributed by atoms with Gasteiger partial charge in [-0.15, -0.1) is 0 Å². The van der Waals surface area contributed by atoms with E-state index in [1.807, 2.05) is 0 Å². The molecule has 3 rings (SSSR count). The summed E-state index contributed by atoms with van der Waals surface area (Å²) >= 11 is 0. The lowest BCUT2D eigenvalue weighted by molar-refractivity contribution is 0.0690. The Morgan fingerprint density at radius 1 is 1.36 bits per heavy atom. The average Bonchev–Trinajstić information content (AvgIpc) is 3.06. The summed E-state index contributed by atoms with van der Waals surface area (Å²) in [4.78, 5) is 30.9. The van der Waals surface area contributed by atoms with Crippen LogP contribution in [0.2, 0.25) is 0 Å². The normalized spacial score (nSPS) is 14.8. The SMILES string of the molecule is COc1ccc(C(=O)NCc2nc(C(=O)N3CCC(C)CC3)c(C)o2)cc1F. The number of aromatic nitrogens is 1. The quantitative estimate of drug-likeness (QED) is 0.850. The van der Waals surface area contributed by atoms with Crippen molar-refractivity contribution in [2.45, 2.75) is 33.2 Å².